The molecule has 0 bridgehead atoms. The van der Waals surface area contributed by atoms with Crippen molar-refractivity contribution in [3.8, 4) is 22.6 Å². The zero-order valence-corrected chi connectivity index (χ0v) is 18.5. The molecule has 0 amide bonds. The zero-order chi connectivity index (χ0) is 23.2. The lowest BCUT2D eigenvalue weighted by molar-refractivity contribution is 0.286. The molecule has 1 N–H and O–H groups in total. The van der Waals surface area contributed by atoms with Crippen molar-refractivity contribution in [2.24, 2.45) is 5.92 Å². The summed E-state index contributed by atoms with van der Waals surface area (Å²) in [6, 6.07) is 5.57. The van der Waals surface area contributed by atoms with Crippen LogP contribution in [0.15, 0.2) is 42.9 Å². The summed E-state index contributed by atoms with van der Waals surface area (Å²) < 4.78 is 28.9. The van der Waals surface area contributed by atoms with Gasteiger partial charge in [0.2, 0.25) is 0 Å². The van der Waals surface area contributed by atoms with Crippen molar-refractivity contribution >= 4 is 0 Å². The fourth-order valence-electron chi connectivity index (χ4n) is 4.85. The Morgan fingerprint density at radius 3 is 2.52 bits per heavy atom. The van der Waals surface area contributed by atoms with Gasteiger partial charge in [-0.05, 0) is 48.4 Å². The molecular formula is C24H23F2N7. The zero-order valence-electron chi connectivity index (χ0n) is 18.5. The SMILES string of the molecule is CC(C)C1(c2cncc(-c3cn[nH]n3)n2)CC[C@H](C)c2cc(-c3c(F)cccc3F)nnc21. The van der Waals surface area contributed by atoms with E-state index in [-0.39, 0.29) is 23.1 Å². The predicted molar refractivity (Wildman–Crippen MR) is 118 cm³/mol. The highest BCUT2D eigenvalue weighted by Crippen LogP contribution is 2.50. The van der Waals surface area contributed by atoms with Crippen molar-refractivity contribution in [2.75, 3.05) is 0 Å². The maximum atomic E-state index is 14.4. The van der Waals surface area contributed by atoms with E-state index in [0.29, 0.717) is 11.4 Å². The quantitative estimate of drug-likeness (QED) is 0.481. The molecule has 5 rings (SSSR count). The van der Waals surface area contributed by atoms with Crippen LogP contribution in [-0.2, 0) is 5.41 Å². The molecule has 0 spiro atoms. The molecule has 0 saturated carbocycles. The predicted octanol–water partition coefficient (Wildman–Crippen LogP) is 4.84. The molecule has 1 aliphatic carbocycles. The number of aromatic nitrogens is 7. The van der Waals surface area contributed by atoms with Gasteiger partial charge in [0.1, 0.15) is 23.0 Å². The lowest BCUT2D eigenvalue weighted by atomic mass is 9.62. The molecule has 33 heavy (non-hydrogen) atoms. The summed E-state index contributed by atoms with van der Waals surface area (Å²) in [6.07, 6.45) is 6.68. The summed E-state index contributed by atoms with van der Waals surface area (Å²) in [6.45, 7) is 6.34. The molecule has 0 fully saturated rings. The Bertz CT molecular complexity index is 1290. The molecule has 9 heteroatoms. The monoisotopic (exact) mass is 447 g/mol. The third-order valence-corrected chi connectivity index (χ3v) is 6.72. The van der Waals surface area contributed by atoms with Gasteiger partial charge in [0.15, 0.2) is 0 Å². The number of hydrogen-bond acceptors (Lipinski definition) is 6. The first-order valence-corrected chi connectivity index (χ1v) is 10.9. The van der Waals surface area contributed by atoms with E-state index in [9.17, 15) is 8.78 Å². The largest absolute Gasteiger partial charge is 0.260 e. The highest BCUT2D eigenvalue weighted by molar-refractivity contribution is 5.62. The second-order valence-electron chi connectivity index (χ2n) is 8.84. The van der Waals surface area contributed by atoms with E-state index in [1.165, 1.54) is 18.2 Å². The molecule has 4 aromatic rings. The molecule has 0 radical (unpaired) electrons. The van der Waals surface area contributed by atoms with Gasteiger partial charge in [0.25, 0.3) is 0 Å². The highest BCUT2D eigenvalue weighted by atomic mass is 19.1. The van der Waals surface area contributed by atoms with E-state index in [1.54, 1.807) is 24.7 Å². The van der Waals surface area contributed by atoms with E-state index in [1.807, 2.05) is 0 Å². The molecular weight excluding hydrogens is 424 g/mol. The third kappa shape index (κ3) is 3.39. The van der Waals surface area contributed by atoms with Crippen LogP contribution in [0, 0.1) is 17.6 Å². The van der Waals surface area contributed by atoms with Gasteiger partial charge < -0.3 is 0 Å². The van der Waals surface area contributed by atoms with E-state index in [4.69, 9.17) is 4.98 Å². The van der Waals surface area contributed by atoms with Crippen molar-refractivity contribution in [1.29, 1.82) is 0 Å². The highest BCUT2D eigenvalue weighted by Gasteiger charge is 2.46. The number of H-pyrrole nitrogens is 1. The van der Waals surface area contributed by atoms with Gasteiger partial charge in [0, 0.05) is 6.20 Å². The second-order valence-corrected chi connectivity index (χ2v) is 8.84. The van der Waals surface area contributed by atoms with Gasteiger partial charge in [0.05, 0.1) is 40.5 Å². The second kappa shape index (κ2) is 8.06. The van der Waals surface area contributed by atoms with Gasteiger partial charge in [-0.15, -0.1) is 5.10 Å². The third-order valence-electron chi connectivity index (χ3n) is 6.72. The van der Waals surface area contributed by atoms with Crippen LogP contribution in [0.2, 0.25) is 0 Å². The Kier molecular flexibility index (Phi) is 5.19. The molecule has 7 nitrogen and oxygen atoms in total. The lowest BCUT2D eigenvalue weighted by Gasteiger charge is -2.42. The van der Waals surface area contributed by atoms with Crippen LogP contribution in [0.4, 0.5) is 8.78 Å². The number of nitrogens with one attached hydrogen (secondary N) is 1. The molecule has 3 aromatic heterocycles. The summed E-state index contributed by atoms with van der Waals surface area (Å²) in [5.74, 6) is -1.04. The van der Waals surface area contributed by atoms with Crippen molar-refractivity contribution in [3.05, 3.63) is 71.4 Å². The van der Waals surface area contributed by atoms with Crippen LogP contribution in [0.5, 0.6) is 0 Å². The first kappa shape index (κ1) is 21.2. The Morgan fingerprint density at radius 1 is 1.03 bits per heavy atom. The van der Waals surface area contributed by atoms with Crippen molar-refractivity contribution in [2.45, 2.75) is 44.9 Å². The van der Waals surface area contributed by atoms with Gasteiger partial charge in [-0.1, -0.05) is 26.8 Å². The lowest BCUT2D eigenvalue weighted by Crippen LogP contribution is -2.40. The number of nitrogens with zero attached hydrogens (tertiary/aromatic N) is 6. The fourth-order valence-corrected chi connectivity index (χ4v) is 4.85. The van der Waals surface area contributed by atoms with E-state index in [0.717, 1.165) is 29.8 Å². The number of aromatic amines is 1. The molecule has 3 heterocycles. The van der Waals surface area contributed by atoms with Crippen LogP contribution in [0.3, 0.4) is 0 Å². The van der Waals surface area contributed by atoms with Crippen LogP contribution < -0.4 is 0 Å². The molecule has 2 atom stereocenters. The average molecular weight is 447 g/mol. The van der Waals surface area contributed by atoms with Crippen molar-refractivity contribution in [1.82, 2.24) is 35.6 Å². The summed E-state index contributed by atoms with van der Waals surface area (Å²) in [5, 5.41) is 19.5. The maximum absolute atomic E-state index is 14.4. The number of rotatable bonds is 4. The standard InChI is InChI=1S/C24H23F2N7/c1-13(2)24(21-12-27-10-19(29-21)20-11-28-33-31-20)8-7-14(3)15-9-18(30-32-23(15)24)22-16(25)5-4-6-17(22)26/h4-6,9-14H,7-8H2,1-3H3,(H,28,31,33)/t14-,24?/m0/s1. The Balaban J connectivity index is 1.70. The molecule has 1 aromatic carbocycles. The summed E-state index contributed by atoms with van der Waals surface area (Å²) >= 11 is 0. The fraction of sp³-hybridized carbons (Fsp3) is 0.333. The topological polar surface area (TPSA) is 93.1 Å². The van der Waals surface area contributed by atoms with E-state index >= 15 is 0 Å². The minimum atomic E-state index is -0.658. The minimum absolute atomic E-state index is 0.121. The van der Waals surface area contributed by atoms with Gasteiger partial charge >= 0.3 is 0 Å². The molecule has 1 aliphatic rings. The minimum Gasteiger partial charge on any atom is -0.260 e. The van der Waals surface area contributed by atoms with Gasteiger partial charge in [-0.3, -0.25) is 4.98 Å². The summed E-state index contributed by atoms with van der Waals surface area (Å²) in [4.78, 5) is 9.32. The van der Waals surface area contributed by atoms with Gasteiger partial charge in [-0.2, -0.15) is 20.5 Å². The average Bonchev–Trinajstić information content (AvgIpc) is 3.35. The Morgan fingerprint density at radius 2 is 1.82 bits per heavy atom. The summed E-state index contributed by atoms with van der Waals surface area (Å²) in [5.41, 5.74) is 3.17. The van der Waals surface area contributed by atoms with Gasteiger partial charge in [-0.25, -0.2) is 13.8 Å². The van der Waals surface area contributed by atoms with E-state index < -0.39 is 17.0 Å². The smallest absolute Gasteiger partial charge is 0.135 e. The Hall–Kier alpha value is -3.62. The Labute approximate surface area is 189 Å². The number of fused-ring (bicyclic) bond motifs is 1. The van der Waals surface area contributed by atoms with Crippen LogP contribution >= 0.6 is 0 Å². The first-order valence-electron chi connectivity index (χ1n) is 10.9. The van der Waals surface area contributed by atoms with Crippen molar-refractivity contribution in [3.63, 3.8) is 0 Å². The molecule has 0 aliphatic heterocycles. The first-order chi connectivity index (χ1) is 15.9. The summed E-state index contributed by atoms with van der Waals surface area (Å²) in [7, 11) is 0. The van der Waals surface area contributed by atoms with Crippen LogP contribution in [0.25, 0.3) is 22.6 Å². The number of halogens is 2. The van der Waals surface area contributed by atoms with Crippen LogP contribution in [-0.4, -0.2) is 35.6 Å². The molecule has 1 unspecified atom stereocenters. The number of hydrogen-bond donors (Lipinski definition) is 1. The molecule has 0 saturated heterocycles. The van der Waals surface area contributed by atoms with E-state index in [2.05, 4.69) is 51.4 Å². The maximum Gasteiger partial charge on any atom is 0.135 e. The molecule has 168 valence electrons. The van der Waals surface area contributed by atoms with Crippen LogP contribution in [0.1, 0.15) is 56.5 Å². The normalized spacial score (nSPS) is 20.1. The van der Waals surface area contributed by atoms with Crippen molar-refractivity contribution < 1.29 is 8.78 Å². The number of benzene rings is 1.